The molecular weight excluding hydrogens is 140 g/mol. The second kappa shape index (κ2) is 4.16. The third-order valence-electron chi connectivity index (χ3n) is 1.62. The van der Waals surface area contributed by atoms with E-state index in [1.165, 1.54) is 12.8 Å². The van der Waals surface area contributed by atoms with Gasteiger partial charge in [-0.05, 0) is 25.7 Å². The molecule has 2 nitrogen and oxygen atoms in total. The molecule has 0 aromatic rings. The summed E-state index contributed by atoms with van der Waals surface area (Å²) in [5.41, 5.74) is 0. The monoisotopic (exact) mass is 154 g/mol. The lowest BCUT2D eigenvalue weighted by atomic mass is 10.3. The molecule has 0 N–H and O–H groups in total. The van der Waals surface area contributed by atoms with Crippen molar-refractivity contribution in [3.8, 4) is 0 Å². The van der Waals surface area contributed by atoms with Gasteiger partial charge in [-0.1, -0.05) is 12.2 Å². The summed E-state index contributed by atoms with van der Waals surface area (Å²) >= 11 is 0. The van der Waals surface area contributed by atoms with Crippen LogP contribution in [0.15, 0.2) is 12.2 Å². The topological polar surface area (TPSA) is 26.3 Å². The van der Waals surface area contributed by atoms with Gasteiger partial charge in [0.1, 0.15) is 0 Å². The van der Waals surface area contributed by atoms with Crippen molar-refractivity contribution in [3.63, 3.8) is 0 Å². The number of allylic oxidation sites excluding steroid dienone is 1. The predicted molar refractivity (Wildman–Crippen MR) is 43.1 cm³/mol. The van der Waals surface area contributed by atoms with Crippen molar-refractivity contribution in [1.29, 1.82) is 0 Å². The molecule has 0 aromatic carbocycles. The molecule has 1 fully saturated rings. The predicted octanol–water partition coefficient (Wildman–Crippen LogP) is 1.91. The summed E-state index contributed by atoms with van der Waals surface area (Å²) in [7, 11) is 0. The molecule has 1 aliphatic carbocycles. The Bertz CT molecular complexity index is 157. The van der Waals surface area contributed by atoms with Crippen LogP contribution in [0.2, 0.25) is 0 Å². The highest BCUT2D eigenvalue weighted by atomic mass is 16.5. The molecule has 1 rings (SSSR count). The highest BCUT2D eigenvalue weighted by Gasteiger charge is 2.16. The van der Waals surface area contributed by atoms with E-state index < -0.39 is 0 Å². The lowest BCUT2D eigenvalue weighted by Gasteiger charge is -1.95. The van der Waals surface area contributed by atoms with E-state index in [4.69, 9.17) is 4.74 Å². The Kier molecular flexibility index (Phi) is 3.14. The molecule has 11 heavy (non-hydrogen) atoms. The van der Waals surface area contributed by atoms with Gasteiger partial charge in [0, 0.05) is 0 Å². The van der Waals surface area contributed by atoms with E-state index in [1.54, 1.807) is 0 Å². The third-order valence-corrected chi connectivity index (χ3v) is 1.62. The number of hydrogen-bond acceptors (Lipinski definition) is 2. The molecule has 62 valence electrons. The van der Waals surface area contributed by atoms with Gasteiger partial charge in [0.15, 0.2) is 0 Å². The smallest absolute Gasteiger partial charge is 0.309 e. The van der Waals surface area contributed by atoms with Crippen LogP contribution in [0.25, 0.3) is 0 Å². The van der Waals surface area contributed by atoms with E-state index in [0.29, 0.717) is 13.0 Å². The van der Waals surface area contributed by atoms with Crippen molar-refractivity contribution >= 4 is 5.97 Å². The van der Waals surface area contributed by atoms with Crippen LogP contribution < -0.4 is 0 Å². The van der Waals surface area contributed by atoms with Crippen LogP contribution in [-0.4, -0.2) is 12.6 Å². The van der Waals surface area contributed by atoms with Gasteiger partial charge in [-0.25, -0.2) is 0 Å². The molecule has 0 saturated heterocycles. The molecule has 0 aromatic heterocycles. The van der Waals surface area contributed by atoms with Gasteiger partial charge in [0.25, 0.3) is 0 Å². The third kappa shape index (κ3) is 3.81. The Morgan fingerprint density at radius 3 is 2.91 bits per heavy atom. The van der Waals surface area contributed by atoms with Crippen LogP contribution in [0, 0.1) is 5.92 Å². The molecular formula is C9H14O2. The van der Waals surface area contributed by atoms with E-state index in [-0.39, 0.29) is 5.97 Å². The van der Waals surface area contributed by atoms with Gasteiger partial charge in [0.2, 0.25) is 0 Å². The average molecular weight is 154 g/mol. The van der Waals surface area contributed by atoms with Crippen molar-refractivity contribution in [1.82, 2.24) is 0 Å². The molecule has 0 radical (unpaired) electrons. The SMILES string of the molecule is CCOC(=O)CC=CC1CC1. The number of carbonyl (C=O) groups is 1. The Balaban J connectivity index is 2.04. The van der Waals surface area contributed by atoms with Crippen molar-refractivity contribution < 1.29 is 9.53 Å². The summed E-state index contributed by atoms with van der Waals surface area (Å²) in [4.78, 5) is 10.8. The number of hydrogen-bond donors (Lipinski definition) is 0. The minimum atomic E-state index is -0.121. The summed E-state index contributed by atoms with van der Waals surface area (Å²) in [5.74, 6) is 0.633. The van der Waals surface area contributed by atoms with Gasteiger partial charge in [-0.2, -0.15) is 0 Å². The van der Waals surface area contributed by atoms with Crippen LogP contribution in [-0.2, 0) is 9.53 Å². The van der Waals surface area contributed by atoms with Crippen molar-refractivity contribution in [2.24, 2.45) is 5.92 Å². The van der Waals surface area contributed by atoms with Gasteiger partial charge in [-0.3, -0.25) is 4.79 Å². The van der Waals surface area contributed by atoms with Crippen LogP contribution in [0.1, 0.15) is 26.2 Å². The fourth-order valence-corrected chi connectivity index (χ4v) is 0.865. The van der Waals surface area contributed by atoms with Crippen LogP contribution in [0.4, 0.5) is 0 Å². The standard InChI is InChI=1S/C9H14O2/c1-2-11-9(10)5-3-4-8-6-7-8/h3-4,8H,2,5-7H2,1H3. The Hall–Kier alpha value is -0.790. The molecule has 1 aliphatic rings. The zero-order valence-corrected chi connectivity index (χ0v) is 6.88. The first-order chi connectivity index (χ1) is 5.33. The van der Waals surface area contributed by atoms with Crippen LogP contribution >= 0.6 is 0 Å². The minimum absolute atomic E-state index is 0.121. The number of carbonyl (C=O) groups excluding carboxylic acids is 1. The average Bonchev–Trinajstić information content (AvgIpc) is 2.72. The first-order valence-electron chi connectivity index (χ1n) is 4.15. The summed E-state index contributed by atoms with van der Waals surface area (Å²) < 4.78 is 4.75. The van der Waals surface area contributed by atoms with E-state index in [1.807, 2.05) is 13.0 Å². The molecule has 0 unspecified atom stereocenters. The second-order valence-corrected chi connectivity index (χ2v) is 2.77. The van der Waals surface area contributed by atoms with Crippen LogP contribution in [0.3, 0.4) is 0 Å². The maximum absolute atomic E-state index is 10.8. The normalized spacial score (nSPS) is 17.2. The Morgan fingerprint density at radius 1 is 1.64 bits per heavy atom. The van der Waals surface area contributed by atoms with Crippen molar-refractivity contribution in [2.75, 3.05) is 6.61 Å². The number of rotatable bonds is 4. The highest BCUT2D eigenvalue weighted by molar-refractivity contribution is 5.71. The number of ether oxygens (including phenoxy) is 1. The van der Waals surface area contributed by atoms with Gasteiger partial charge in [0.05, 0.1) is 13.0 Å². The van der Waals surface area contributed by atoms with Crippen LogP contribution in [0.5, 0.6) is 0 Å². The van der Waals surface area contributed by atoms with E-state index in [9.17, 15) is 4.79 Å². The Labute approximate surface area is 67.2 Å². The van der Waals surface area contributed by atoms with Gasteiger partial charge >= 0.3 is 5.97 Å². The number of esters is 1. The Morgan fingerprint density at radius 2 is 2.36 bits per heavy atom. The summed E-state index contributed by atoms with van der Waals surface area (Å²) in [6.07, 6.45) is 7.04. The zero-order valence-electron chi connectivity index (χ0n) is 6.88. The lowest BCUT2D eigenvalue weighted by molar-refractivity contribution is -0.142. The molecule has 0 aliphatic heterocycles. The molecule has 0 spiro atoms. The minimum Gasteiger partial charge on any atom is -0.466 e. The first kappa shape index (κ1) is 8.31. The second-order valence-electron chi connectivity index (χ2n) is 2.77. The highest BCUT2D eigenvalue weighted by Crippen LogP contribution is 2.30. The zero-order chi connectivity index (χ0) is 8.10. The quantitative estimate of drug-likeness (QED) is 0.456. The first-order valence-corrected chi connectivity index (χ1v) is 4.15. The van der Waals surface area contributed by atoms with Gasteiger partial charge < -0.3 is 4.74 Å². The molecule has 0 atom stereocenters. The largest absolute Gasteiger partial charge is 0.466 e. The summed E-state index contributed by atoms with van der Waals surface area (Å²) in [6, 6.07) is 0. The lowest BCUT2D eigenvalue weighted by Crippen LogP contribution is -2.01. The molecule has 0 bridgehead atoms. The fraction of sp³-hybridized carbons (Fsp3) is 0.667. The van der Waals surface area contributed by atoms with E-state index in [2.05, 4.69) is 6.08 Å². The molecule has 2 heteroatoms. The maximum Gasteiger partial charge on any atom is 0.309 e. The van der Waals surface area contributed by atoms with Crippen molar-refractivity contribution in [2.45, 2.75) is 26.2 Å². The fourth-order valence-electron chi connectivity index (χ4n) is 0.865. The van der Waals surface area contributed by atoms with Crippen molar-refractivity contribution in [3.05, 3.63) is 12.2 Å². The van der Waals surface area contributed by atoms with E-state index >= 15 is 0 Å². The molecule has 0 amide bonds. The molecule has 1 saturated carbocycles. The van der Waals surface area contributed by atoms with E-state index in [0.717, 1.165) is 5.92 Å². The molecule has 0 heterocycles. The van der Waals surface area contributed by atoms with Gasteiger partial charge in [-0.15, -0.1) is 0 Å². The summed E-state index contributed by atoms with van der Waals surface area (Å²) in [6.45, 7) is 2.30. The summed E-state index contributed by atoms with van der Waals surface area (Å²) in [5, 5.41) is 0. The maximum atomic E-state index is 10.8.